The fraction of sp³-hybridized carbons (Fsp3) is 0.200. The van der Waals surface area contributed by atoms with Crippen LogP contribution in [0.15, 0.2) is 41.8 Å². The highest BCUT2D eigenvalue weighted by molar-refractivity contribution is 7.14. The number of hydrogen-bond donors (Lipinski definition) is 1. The third-order valence-corrected chi connectivity index (χ3v) is 5.07. The van der Waals surface area contributed by atoms with Crippen LogP contribution in [0.5, 0.6) is 5.75 Å². The first-order valence-corrected chi connectivity index (χ1v) is 9.58. The van der Waals surface area contributed by atoms with Gasteiger partial charge in [0.2, 0.25) is 5.91 Å². The SMILES string of the molecule is COc1ccc(CCC(=O)Nc2nc(-c3ccc(C)c([N+](=O)[O-])c3)cs2)cc1F. The van der Waals surface area contributed by atoms with Gasteiger partial charge in [0.1, 0.15) is 0 Å². The summed E-state index contributed by atoms with van der Waals surface area (Å²) >= 11 is 1.23. The van der Waals surface area contributed by atoms with Crippen molar-refractivity contribution >= 4 is 28.1 Å². The Bertz CT molecular complexity index is 1070. The largest absolute Gasteiger partial charge is 0.494 e. The predicted octanol–water partition coefficient (Wildman–Crippen LogP) is 4.75. The lowest BCUT2D eigenvalue weighted by atomic mass is 10.1. The number of nitro benzene ring substituents is 1. The maximum Gasteiger partial charge on any atom is 0.272 e. The van der Waals surface area contributed by atoms with E-state index in [0.717, 1.165) is 0 Å². The fourth-order valence-electron chi connectivity index (χ4n) is 2.73. The molecule has 1 N–H and O–H groups in total. The summed E-state index contributed by atoms with van der Waals surface area (Å²) < 4.78 is 18.6. The van der Waals surface area contributed by atoms with Crippen molar-refractivity contribution < 1.29 is 18.8 Å². The molecule has 0 fully saturated rings. The van der Waals surface area contributed by atoms with Crippen molar-refractivity contribution in [1.82, 2.24) is 4.98 Å². The van der Waals surface area contributed by atoms with E-state index >= 15 is 0 Å². The topological polar surface area (TPSA) is 94.4 Å². The Labute approximate surface area is 170 Å². The van der Waals surface area contributed by atoms with Crippen LogP contribution in [-0.2, 0) is 11.2 Å². The third kappa shape index (κ3) is 4.94. The average molecular weight is 415 g/mol. The highest BCUT2D eigenvalue weighted by atomic mass is 32.1. The smallest absolute Gasteiger partial charge is 0.272 e. The van der Waals surface area contributed by atoms with E-state index in [4.69, 9.17) is 4.74 Å². The van der Waals surface area contributed by atoms with Gasteiger partial charge in [-0.2, -0.15) is 0 Å². The molecule has 0 spiro atoms. The fourth-order valence-corrected chi connectivity index (χ4v) is 3.47. The number of aryl methyl sites for hydroxylation is 2. The standard InChI is InChI=1S/C20H18FN3O4S/c1-12-3-6-14(10-17(12)24(26)27)16-11-29-20(22-16)23-19(25)8-5-13-4-7-18(28-2)15(21)9-13/h3-4,6-7,9-11H,5,8H2,1-2H3,(H,22,23,25). The molecule has 0 saturated carbocycles. The van der Waals surface area contributed by atoms with Crippen LogP contribution in [0.25, 0.3) is 11.3 Å². The molecule has 0 bridgehead atoms. The van der Waals surface area contributed by atoms with Crippen LogP contribution in [0.4, 0.5) is 15.2 Å². The number of carbonyl (C=O) groups excluding carboxylic acids is 1. The Morgan fingerprint density at radius 2 is 2.10 bits per heavy atom. The summed E-state index contributed by atoms with van der Waals surface area (Å²) in [6.45, 7) is 1.67. The zero-order valence-corrected chi connectivity index (χ0v) is 16.6. The minimum absolute atomic E-state index is 0.0211. The number of ether oxygens (including phenoxy) is 1. The van der Waals surface area contributed by atoms with Gasteiger partial charge in [-0.05, 0) is 31.0 Å². The molecule has 1 aromatic heterocycles. The second kappa shape index (κ2) is 8.78. The summed E-state index contributed by atoms with van der Waals surface area (Å²) in [4.78, 5) is 27.2. The highest BCUT2D eigenvalue weighted by Crippen LogP contribution is 2.29. The van der Waals surface area contributed by atoms with Gasteiger partial charge >= 0.3 is 0 Å². The van der Waals surface area contributed by atoms with E-state index < -0.39 is 10.7 Å². The Morgan fingerprint density at radius 1 is 1.31 bits per heavy atom. The number of hydrogen-bond acceptors (Lipinski definition) is 6. The molecule has 1 heterocycles. The molecular formula is C20H18FN3O4S. The van der Waals surface area contributed by atoms with Gasteiger partial charge in [0.15, 0.2) is 16.7 Å². The summed E-state index contributed by atoms with van der Waals surface area (Å²) in [5.74, 6) is -0.566. The lowest BCUT2D eigenvalue weighted by Crippen LogP contribution is -2.12. The third-order valence-electron chi connectivity index (χ3n) is 4.31. The molecule has 0 atom stereocenters. The summed E-state index contributed by atoms with van der Waals surface area (Å²) in [5.41, 5.74) is 2.42. The normalized spacial score (nSPS) is 10.6. The van der Waals surface area contributed by atoms with Crippen LogP contribution in [0.1, 0.15) is 17.5 Å². The van der Waals surface area contributed by atoms with Crippen LogP contribution in [0.2, 0.25) is 0 Å². The molecule has 1 amide bonds. The lowest BCUT2D eigenvalue weighted by molar-refractivity contribution is -0.385. The maximum absolute atomic E-state index is 13.7. The number of rotatable bonds is 7. The number of anilines is 1. The van der Waals surface area contributed by atoms with Crippen molar-refractivity contribution in [2.45, 2.75) is 19.8 Å². The maximum atomic E-state index is 13.7. The Balaban J connectivity index is 1.62. The van der Waals surface area contributed by atoms with Gasteiger partial charge in [0.25, 0.3) is 5.69 Å². The molecule has 0 radical (unpaired) electrons. The number of benzene rings is 2. The number of carbonyl (C=O) groups is 1. The first kappa shape index (κ1) is 20.4. The van der Waals surface area contributed by atoms with Crippen molar-refractivity contribution in [3.63, 3.8) is 0 Å². The lowest BCUT2D eigenvalue weighted by Gasteiger charge is -2.05. The average Bonchev–Trinajstić information content (AvgIpc) is 3.15. The van der Waals surface area contributed by atoms with Gasteiger partial charge in [-0.25, -0.2) is 9.37 Å². The Kier molecular flexibility index (Phi) is 6.18. The van der Waals surface area contributed by atoms with Crippen molar-refractivity contribution in [2.75, 3.05) is 12.4 Å². The number of nitrogens with one attached hydrogen (secondary N) is 1. The molecule has 3 aromatic rings. The molecule has 3 rings (SSSR count). The Hall–Kier alpha value is -3.33. The predicted molar refractivity (Wildman–Crippen MR) is 109 cm³/mol. The quantitative estimate of drug-likeness (QED) is 0.444. The molecule has 29 heavy (non-hydrogen) atoms. The molecule has 2 aromatic carbocycles. The highest BCUT2D eigenvalue weighted by Gasteiger charge is 2.14. The van der Waals surface area contributed by atoms with Crippen LogP contribution >= 0.6 is 11.3 Å². The number of methoxy groups -OCH3 is 1. The summed E-state index contributed by atoms with van der Waals surface area (Å²) in [6, 6.07) is 9.46. The second-order valence-electron chi connectivity index (χ2n) is 6.31. The van der Waals surface area contributed by atoms with Crippen LogP contribution in [0.3, 0.4) is 0 Å². The number of halogens is 1. The van der Waals surface area contributed by atoms with Gasteiger partial charge in [-0.1, -0.05) is 18.2 Å². The van der Waals surface area contributed by atoms with Gasteiger partial charge in [0.05, 0.1) is 17.7 Å². The summed E-state index contributed by atoms with van der Waals surface area (Å²) in [5, 5.41) is 15.9. The van der Waals surface area contributed by atoms with Gasteiger partial charge in [0, 0.05) is 29.0 Å². The summed E-state index contributed by atoms with van der Waals surface area (Å²) in [6.07, 6.45) is 0.534. The summed E-state index contributed by atoms with van der Waals surface area (Å²) in [7, 11) is 1.39. The Morgan fingerprint density at radius 3 is 2.79 bits per heavy atom. The van der Waals surface area contributed by atoms with E-state index in [2.05, 4.69) is 10.3 Å². The van der Waals surface area contributed by atoms with Crippen LogP contribution < -0.4 is 10.1 Å². The molecule has 0 aliphatic heterocycles. The second-order valence-corrected chi connectivity index (χ2v) is 7.17. The van der Waals surface area contributed by atoms with Gasteiger partial charge in [-0.15, -0.1) is 11.3 Å². The number of aromatic nitrogens is 1. The monoisotopic (exact) mass is 415 g/mol. The van der Waals surface area contributed by atoms with Crippen molar-refractivity contribution in [3.8, 4) is 17.0 Å². The zero-order valence-electron chi connectivity index (χ0n) is 15.8. The van der Waals surface area contributed by atoms with Crippen molar-refractivity contribution in [1.29, 1.82) is 0 Å². The number of nitrogens with zero attached hydrogens (tertiary/aromatic N) is 2. The first-order valence-electron chi connectivity index (χ1n) is 8.70. The molecule has 0 saturated heterocycles. The number of amides is 1. The van der Waals surface area contributed by atoms with E-state index in [1.54, 1.807) is 30.5 Å². The zero-order chi connectivity index (χ0) is 21.0. The van der Waals surface area contributed by atoms with Crippen LogP contribution in [0, 0.1) is 22.9 Å². The van der Waals surface area contributed by atoms with E-state index in [9.17, 15) is 19.3 Å². The van der Waals surface area contributed by atoms with Gasteiger partial charge < -0.3 is 10.1 Å². The van der Waals surface area contributed by atoms with Crippen molar-refractivity contribution in [3.05, 3.63) is 68.8 Å². The number of nitro groups is 1. The molecule has 0 aliphatic carbocycles. The minimum Gasteiger partial charge on any atom is -0.494 e. The van der Waals surface area contributed by atoms with Gasteiger partial charge in [-0.3, -0.25) is 14.9 Å². The molecule has 0 aliphatic rings. The number of thiazole rings is 1. The van der Waals surface area contributed by atoms with E-state index in [1.165, 1.54) is 36.6 Å². The minimum atomic E-state index is -0.470. The molecule has 0 unspecified atom stereocenters. The molecule has 150 valence electrons. The molecular weight excluding hydrogens is 397 g/mol. The molecule has 9 heteroatoms. The van der Waals surface area contributed by atoms with Crippen LogP contribution in [-0.4, -0.2) is 22.9 Å². The first-order chi connectivity index (χ1) is 13.9. The van der Waals surface area contributed by atoms with E-state index in [-0.39, 0.29) is 23.8 Å². The molecule has 7 nitrogen and oxygen atoms in total. The van der Waals surface area contributed by atoms with E-state index in [1.807, 2.05) is 0 Å². The van der Waals surface area contributed by atoms with Crippen molar-refractivity contribution in [2.24, 2.45) is 0 Å². The van der Waals surface area contributed by atoms with E-state index in [0.29, 0.717) is 33.9 Å².